The Morgan fingerprint density at radius 3 is 1.64 bits per heavy atom. The van der Waals surface area contributed by atoms with Gasteiger partial charge in [-0.3, -0.25) is 9.59 Å². The Hall–Kier alpha value is -0.660. The molecule has 0 aliphatic heterocycles. The number of rotatable bonds is 0. The van der Waals surface area contributed by atoms with Crippen LogP contribution in [0.4, 0.5) is 0 Å². The van der Waals surface area contributed by atoms with Crippen molar-refractivity contribution < 1.29 is 9.59 Å². The molecule has 0 aromatic carbocycles. The average Bonchev–Trinajstić information content (AvgIpc) is 2.14. The lowest BCUT2D eigenvalue weighted by atomic mass is 9.47. The molecule has 2 nitrogen and oxygen atoms in total. The van der Waals surface area contributed by atoms with Crippen LogP contribution >= 0.6 is 0 Å². The number of carbonyl (C=O) groups excluding carboxylic acids is 2. The van der Waals surface area contributed by atoms with Crippen LogP contribution in [0, 0.1) is 23.7 Å². The lowest BCUT2D eigenvalue weighted by Gasteiger charge is -2.55. The molecule has 0 aromatic rings. The fourth-order valence-electron chi connectivity index (χ4n) is 3.94. The van der Waals surface area contributed by atoms with Gasteiger partial charge in [-0.1, -0.05) is 0 Å². The Kier molecular flexibility index (Phi) is 1.80. The first-order valence-corrected chi connectivity index (χ1v) is 5.84. The van der Waals surface area contributed by atoms with E-state index in [0.29, 0.717) is 23.4 Å². The largest absolute Gasteiger partial charge is 0.299 e. The Balaban J connectivity index is 1.86. The van der Waals surface area contributed by atoms with Crippen molar-refractivity contribution in [2.24, 2.45) is 23.7 Å². The molecule has 3 rings (SSSR count). The van der Waals surface area contributed by atoms with Crippen molar-refractivity contribution in [1.29, 1.82) is 0 Å². The quantitative estimate of drug-likeness (QED) is 0.588. The summed E-state index contributed by atoms with van der Waals surface area (Å²) in [5, 5.41) is 0. The maximum Gasteiger partial charge on any atom is 0.136 e. The van der Waals surface area contributed by atoms with Crippen LogP contribution in [0.1, 0.15) is 38.5 Å². The van der Waals surface area contributed by atoms with Crippen molar-refractivity contribution >= 4 is 11.6 Å². The van der Waals surface area contributed by atoms with Crippen LogP contribution < -0.4 is 0 Å². The molecule has 0 spiro atoms. The Morgan fingerprint density at radius 1 is 0.786 bits per heavy atom. The third kappa shape index (κ3) is 0.971. The molecule has 2 unspecified atom stereocenters. The second-order valence-electron chi connectivity index (χ2n) is 5.10. The topological polar surface area (TPSA) is 34.1 Å². The number of fused-ring (bicyclic) bond motifs is 4. The molecule has 0 bridgehead atoms. The number of carbonyl (C=O) groups is 2. The van der Waals surface area contributed by atoms with Gasteiger partial charge in [-0.05, 0) is 37.5 Å². The minimum atomic E-state index is 0.154. The zero-order valence-corrected chi connectivity index (χ0v) is 8.37. The second kappa shape index (κ2) is 2.91. The van der Waals surface area contributed by atoms with Gasteiger partial charge in [-0.25, -0.2) is 0 Å². The highest BCUT2D eigenvalue weighted by Crippen LogP contribution is 2.56. The van der Waals surface area contributed by atoms with Gasteiger partial charge < -0.3 is 0 Å². The van der Waals surface area contributed by atoms with Gasteiger partial charge in [0.25, 0.3) is 0 Å². The third-order valence-corrected chi connectivity index (χ3v) is 4.52. The molecule has 0 radical (unpaired) electrons. The Bertz CT molecular complexity index is 265. The summed E-state index contributed by atoms with van der Waals surface area (Å²) < 4.78 is 0. The van der Waals surface area contributed by atoms with Gasteiger partial charge in [0, 0.05) is 24.7 Å². The molecule has 2 heteroatoms. The minimum Gasteiger partial charge on any atom is -0.299 e. The first kappa shape index (κ1) is 8.63. The van der Waals surface area contributed by atoms with Crippen LogP contribution in [0.15, 0.2) is 0 Å². The van der Waals surface area contributed by atoms with E-state index in [9.17, 15) is 9.59 Å². The van der Waals surface area contributed by atoms with Gasteiger partial charge in [0.2, 0.25) is 0 Å². The summed E-state index contributed by atoms with van der Waals surface area (Å²) >= 11 is 0. The monoisotopic (exact) mass is 192 g/mol. The molecule has 3 aliphatic rings. The van der Waals surface area contributed by atoms with Crippen molar-refractivity contribution in [3.63, 3.8) is 0 Å². The maximum absolute atomic E-state index is 11.7. The molecule has 0 amide bonds. The van der Waals surface area contributed by atoms with Crippen molar-refractivity contribution in [2.75, 3.05) is 0 Å². The highest BCUT2D eigenvalue weighted by atomic mass is 16.1. The van der Waals surface area contributed by atoms with Crippen LogP contribution in [0.2, 0.25) is 0 Å². The predicted molar refractivity (Wildman–Crippen MR) is 51.7 cm³/mol. The number of hydrogen-bond donors (Lipinski definition) is 0. The van der Waals surface area contributed by atoms with Crippen LogP contribution in [-0.2, 0) is 9.59 Å². The molecule has 4 atom stereocenters. The Morgan fingerprint density at radius 2 is 1.21 bits per heavy atom. The fourth-order valence-corrected chi connectivity index (χ4v) is 3.94. The van der Waals surface area contributed by atoms with E-state index in [1.165, 1.54) is 12.8 Å². The molecule has 3 saturated carbocycles. The highest BCUT2D eigenvalue weighted by Gasteiger charge is 2.57. The minimum absolute atomic E-state index is 0.154. The smallest absolute Gasteiger partial charge is 0.136 e. The molecule has 0 heterocycles. The lowest BCUT2D eigenvalue weighted by Crippen LogP contribution is -2.57. The summed E-state index contributed by atoms with van der Waals surface area (Å²) in [5.74, 6) is 2.26. The van der Waals surface area contributed by atoms with Gasteiger partial charge in [-0.15, -0.1) is 0 Å². The summed E-state index contributed by atoms with van der Waals surface area (Å²) in [6.07, 6.45) is 6.00. The zero-order valence-electron chi connectivity index (χ0n) is 8.37. The summed E-state index contributed by atoms with van der Waals surface area (Å²) in [4.78, 5) is 23.4. The van der Waals surface area contributed by atoms with Crippen LogP contribution in [0.25, 0.3) is 0 Å². The van der Waals surface area contributed by atoms with E-state index < -0.39 is 0 Å². The maximum atomic E-state index is 11.7. The van der Waals surface area contributed by atoms with E-state index in [-0.39, 0.29) is 11.8 Å². The Labute approximate surface area is 84.1 Å². The number of hydrogen-bond acceptors (Lipinski definition) is 2. The van der Waals surface area contributed by atoms with E-state index in [0.717, 1.165) is 25.7 Å². The second-order valence-corrected chi connectivity index (χ2v) is 5.10. The molecule has 0 aromatic heterocycles. The molecule has 3 aliphatic carbocycles. The summed E-state index contributed by atoms with van der Waals surface area (Å²) in [7, 11) is 0. The van der Waals surface area contributed by atoms with E-state index in [1.807, 2.05) is 0 Å². The first-order valence-electron chi connectivity index (χ1n) is 5.84. The lowest BCUT2D eigenvalue weighted by molar-refractivity contribution is -0.160. The summed E-state index contributed by atoms with van der Waals surface area (Å²) in [6.45, 7) is 0. The molecular weight excluding hydrogens is 176 g/mol. The number of Topliss-reactive ketones (excluding diaryl/α,β-unsaturated/α-hetero) is 2. The zero-order chi connectivity index (χ0) is 9.71. The highest BCUT2D eigenvalue weighted by molar-refractivity contribution is 5.93. The van der Waals surface area contributed by atoms with Crippen LogP contribution in [-0.4, -0.2) is 11.6 Å². The average molecular weight is 192 g/mol. The van der Waals surface area contributed by atoms with Crippen molar-refractivity contribution in [1.82, 2.24) is 0 Å². The van der Waals surface area contributed by atoms with E-state index in [4.69, 9.17) is 0 Å². The van der Waals surface area contributed by atoms with Gasteiger partial charge in [0.15, 0.2) is 0 Å². The van der Waals surface area contributed by atoms with Crippen molar-refractivity contribution in [3.05, 3.63) is 0 Å². The van der Waals surface area contributed by atoms with Gasteiger partial charge in [-0.2, -0.15) is 0 Å². The molecule has 0 saturated heterocycles. The third-order valence-electron chi connectivity index (χ3n) is 4.52. The SMILES string of the molecule is O=C1CCCC2C1[C@H]1C(=O)CCC[C@@H]21. The van der Waals surface area contributed by atoms with Crippen LogP contribution in [0.5, 0.6) is 0 Å². The predicted octanol–water partition coefficient (Wildman–Crippen LogP) is 1.97. The van der Waals surface area contributed by atoms with Gasteiger partial charge >= 0.3 is 0 Å². The van der Waals surface area contributed by atoms with E-state index >= 15 is 0 Å². The van der Waals surface area contributed by atoms with Gasteiger partial charge in [0.05, 0.1) is 0 Å². The van der Waals surface area contributed by atoms with Crippen molar-refractivity contribution in [2.45, 2.75) is 38.5 Å². The molecule has 14 heavy (non-hydrogen) atoms. The normalized spacial score (nSPS) is 46.6. The molecule has 76 valence electrons. The first-order chi connectivity index (χ1) is 6.79. The fraction of sp³-hybridized carbons (Fsp3) is 0.833. The molecule has 0 N–H and O–H groups in total. The standard InChI is InChI=1S/C12H16O2/c13-9-5-1-3-7-8-4-2-6-10(14)12(8)11(7)9/h7-8,11-12H,1-6H2/t7-,8?,11+,12?/m0/s1. The van der Waals surface area contributed by atoms with E-state index in [1.54, 1.807) is 0 Å². The van der Waals surface area contributed by atoms with Crippen LogP contribution in [0.3, 0.4) is 0 Å². The van der Waals surface area contributed by atoms with E-state index in [2.05, 4.69) is 0 Å². The summed E-state index contributed by atoms with van der Waals surface area (Å²) in [5.41, 5.74) is 0. The number of ketones is 2. The molecule has 3 fully saturated rings. The van der Waals surface area contributed by atoms with Crippen molar-refractivity contribution in [3.8, 4) is 0 Å². The van der Waals surface area contributed by atoms with Gasteiger partial charge in [0.1, 0.15) is 11.6 Å². The summed E-state index contributed by atoms with van der Waals surface area (Å²) in [6, 6.07) is 0. The molecular formula is C12H16O2.